The zero-order valence-corrected chi connectivity index (χ0v) is 13.5. The Labute approximate surface area is 120 Å². The van der Waals surface area contributed by atoms with Crippen molar-refractivity contribution in [2.24, 2.45) is 11.8 Å². The second-order valence-electron chi connectivity index (χ2n) is 6.69. The van der Waals surface area contributed by atoms with E-state index in [1.54, 1.807) is 0 Å². The molecule has 0 bridgehead atoms. The minimum atomic E-state index is 0.496. The van der Waals surface area contributed by atoms with Gasteiger partial charge in [0.25, 0.3) is 0 Å². The Hall–Kier alpha value is -0.120. The highest BCUT2D eigenvalue weighted by Gasteiger charge is 2.19. The Morgan fingerprint density at radius 3 is 2.37 bits per heavy atom. The third-order valence-corrected chi connectivity index (χ3v) is 3.74. The lowest BCUT2D eigenvalue weighted by Crippen LogP contribution is -2.38. The summed E-state index contributed by atoms with van der Waals surface area (Å²) in [4.78, 5) is 2.59. The first-order valence-corrected chi connectivity index (χ1v) is 8.12. The van der Waals surface area contributed by atoms with Crippen molar-refractivity contribution in [2.75, 3.05) is 39.3 Å². The van der Waals surface area contributed by atoms with Crippen LogP contribution in [0.15, 0.2) is 0 Å². The monoisotopic (exact) mass is 270 g/mol. The lowest BCUT2D eigenvalue weighted by molar-refractivity contribution is 0.00835. The summed E-state index contributed by atoms with van der Waals surface area (Å²) in [7, 11) is 0. The van der Waals surface area contributed by atoms with Gasteiger partial charge in [-0.25, -0.2) is 0 Å². The molecule has 0 aliphatic carbocycles. The summed E-state index contributed by atoms with van der Waals surface area (Å²) in [5.74, 6) is 1.55. The van der Waals surface area contributed by atoms with Crippen molar-refractivity contribution in [2.45, 2.75) is 53.1 Å². The Morgan fingerprint density at radius 1 is 1.11 bits per heavy atom. The second kappa shape index (κ2) is 9.73. The first-order chi connectivity index (χ1) is 9.08. The predicted octanol–water partition coefficient (Wildman–Crippen LogP) is 2.76. The van der Waals surface area contributed by atoms with Crippen molar-refractivity contribution < 1.29 is 4.74 Å². The maximum absolute atomic E-state index is 5.95. The zero-order chi connectivity index (χ0) is 14.1. The number of nitrogens with one attached hydrogen (secondary N) is 1. The normalized spacial score (nSPS) is 18.6. The van der Waals surface area contributed by atoms with Gasteiger partial charge >= 0.3 is 0 Å². The minimum Gasteiger partial charge on any atom is -0.377 e. The first kappa shape index (κ1) is 16.9. The van der Waals surface area contributed by atoms with Crippen LogP contribution < -0.4 is 5.32 Å². The summed E-state index contributed by atoms with van der Waals surface area (Å²) in [6.45, 7) is 15.7. The van der Waals surface area contributed by atoms with Gasteiger partial charge in [-0.15, -0.1) is 0 Å². The van der Waals surface area contributed by atoms with Crippen LogP contribution in [0.3, 0.4) is 0 Å². The summed E-state index contributed by atoms with van der Waals surface area (Å²) in [6, 6.07) is 0. The average Bonchev–Trinajstić information content (AvgIpc) is 2.37. The van der Waals surface area contributed by atoms with Crippen LogP contribution in [0.25, 0.3) is 0 Å². The topological polar surface area (TPSA) is 24.5 Å². The highest BCUT2D eigenvalue weighted by atomic mass is 16.5. The van der Waals surface area contributed by atoms with Crippen molar-refractivity contribution in [1.29, 1.82) is 0 Å². The molecule has 1 aliphatic heterocycles. The summed E-state index contributed by atoms with van der Waals surface area (Å²) < 4.78 is 5.95. The van der Waals surface area contributed by atoms with E-state index in [1.165, 1.54) is 38.9 Å². The minimum absolute atomic E-state index is 0.496. The van der Waals surface area contributed by atoms with E-state index in [-0.39, 0.29) is 0 Å². The summed E-state index contributed by atoms with van der Waals surface area (Å²) in [5, 5.41) is 3.43. The SMILES string of the molecule is CC(C)CCN1CCC(OCCNCC(C)C)CC1. The molecule has 0 aromatic rings. The average molecular weight is 270 g/mol. The van der Waals surface area contributed by atoms with Crippen molar-refractivity contribution in [1.82, 2.24) is 10.2 Å². The maximum Gasteiger partial charge on any atom is 0.0600 e. The van der Waals surface area contributed by atoms with Crippen LogP contribution in [0.1, 0.15) is 47.0 Å². The number of hydrogen-bond donors (Lipinski definition) is 1. The summed E-state index contributed by atoms with van der Waals surface area (Å²) >= 11 is 0. The van der Waals surface area contributed by atoms with E-state index in [1.807, 2.05) is 0 Å². The van der Waals surface area contributed by atoms with E-state index in [0.29, 0.717) is 6.10 Å². The molecule has 1 aliphatic rings. The quantitative estimate of drug-likeness (QED) is 0.652. The first-order valence-electron chi connectivity index (χ1n) is 8.12. The van der Waals surface area contributed by atoms with Gasteiger partial charge in [0.2, 0.25) is 0 Å². The van der Waals surface area contributed by atoms with E-state index in [4.69, 9.17) is 4.74 Å². The van der Waals surface area contributed by atoms with E-state index in [2.05, 4.69) is 37.9 Å². The van der Waals surface area contributed by atoms with Crippen LogP contribution in [-0.4, -0.2) is 50.3 Å². The van der Waals surface area contributed by atoms with Crippen LogP contribution in [0.2, 0.25) is 0 Å². The van der Waals surface area contributed by atoms with Gasteiger partial charge in [0, 0.05) is 19.6 Å². The van der Waals surface area contributed by atoms with Crippen molar-refractivity contribution in [3.05, 3.63) is 0 Å². The van der Waals surface area contributed by atoms with Gasteiger partial charge in [0.1, 0.15) is 0 Å². The van der Waals surface area contributed by atoms with Gasteiger partial charge in [-0.1, -0.05) is 27.7 Å². The van der Waals surface area contributed by atoms with E-state index in [9.17, 15) is 0 Å². The molecular formula is C16H34N2O. The molecular weight excluding hydrogens is 236 g/mol. The van der Waals surface area contributed by atoms with Crippen LogP contribution in [0.4, 0.5) is 0 Å². The molecule has 1 fully saturated rings. The highest BCUT2D eigenvalue weighted by Crippen LogP contribution is 2.14. The largest absolute Gasteiger partial charge is 0.377 e. The smallest absolute Gasteiger partial charge is 0.0600 e. The molecule has 0 atom stereocenters. The molecule has 1 N–H and O–H groups in total. The van der Waals surface area contributed by atoms with E-state index >= 15 is 0 Å². The molecule has 0 unspecified atom stereocenters. The van der Waals surface area contributed by atoms with Crippen molar-refractivity contribution in [3.63, 3.8) is 0 Å². The van der Waals surface area contributed by atoms with Gasteiger partial charge in [0.15, 0.2) is 0 Å². The van der Waals surface area contributed by atoms with Gasteiger partial charge in [-0.3, -0.25) is 0 Å². The lowest BCUT2D eigenvalue weighted by atomic mass is 10.1. The predicted molar refractivity (Wildman–Crippen MR) is 82.6 cm³/mol. The number of rotatable bonds is 9. The summed E-state index contributed by atoms with van der Waals surface area (Å²) in [5.41, 5.74) is 0. The molecule has 1 rings (SSSR count). The van der Waals surface area contributed by atoms with Gasteiger partial charge in [-0.2, -0.15) is 0 Å². The maximum atomic E-state index is 5.95. The van der Waals surface area contributed by atoms with Crippen LogP contribution >= 0.6 is 0 Å². The molecule has 0 saturated carbocycles. The molecule has 0 spiro atoms. The Kier molecular flexibility index (Phi) is 8.67. The number of likely N-dealkylation sites (tertiary alicyclic amines) is 1. The Balaban J connectivity index is 1.97. The molecule has 1 saturated heterocycles. The van der Waals surface area contributed by atoms with Crippen molar-refractivity contribution >= 4 is 0 Å². The van der Waals surface area contributed by atoms with Gasteiger partial charge in [-0.05, 0) is 44.2 Å². The zero-order valence-electron chi connectivity index (χ0n) is 13.5. The number of nitrogens with zero attached hydrogens (tertiary/aromatic N) is 1. The molecule has 3 heteroatoms. The molecule has 0 amide bonds. The Bertz CT molecular complexity index is 208. The number of hydrogen-bond acceptors (Lipinski definition) is 3. The van der Waals surface area contributed by atoms with Crippen molar-refractivity contribution in [3.8, 4) is 0 Å². The van der Waals surface area contributed by atoms with Crippen LogP contribution in [0, 0.1) is 11.8 Å². The number of ether oxygens (including phenoxy) is 1. The standard InChI is InChI=1S/C16H34N2O/c1-14(2)5-9-18-10-6-16(7-11-18)19-12-8-17-13-15(3)4/h14-17H,5-13H2,1-4H3. The van der Waals surface area contributed by atoms with Crippen LogP contribution in [0.5, 0.6) is 0 Å². The van der Waals surface area contributed by atoms with E-state index in [0.717, 1.165) is 31.5 Å². The fraction of sp³-hybridized carbons (Fsp3) is 1.00. The fourth-order valence-electron chi connectivity index (χ4n) is 2.43. The number of piperidine rings is 1. The van der Waals surface area contributed by atoms with Gasteiger partial charge < -0.3 is 15.0 Å². The lowest BCUT2D eigenvalue weighted by Gasteiger charge is -2.32. The molecule has 3 nitrogen and oxygen atoms in total. The third-order valence-electron chi connectivity index (χ3n) is 3.74. The van der Waals surface area contributed by atoms with Gasteiger partial charge in [0.05, 0.1) is 12.7 Å². The summed E-state index contributed by atoms with van der Waals surface area (Å²) in [6.07, 6.45) is 4.24. The molecule has 19 heavy (non-hydrogen) atoms. The fourth-order valence-corrected chi connectivity index (χ4v) is 2.43. The third kappa shape index (κ3) is 8.61. The molecule has 0 aromatic carbocycles. The Morgan fingerprint density at radius 2 is 1.79 bits per heavy atom. The van der Waals surface area contributed by atoms with E-state index < -0.39 is 0 Å². The molecule has 114 valence electrons. The molecule has 1 heterocycles. The van der Waals surface area contributed by atoms with Crippen LogP contribution in [-0.2, 0) is 4.74 Å². The molecule has 0 radical (unpaired) electrons. The molecule has 0 aromatic heterocycles. The second-order valence-corrected chi connectivity index (χ2v) is 6.69. The highest BCUT2D eigenvalue weighted by molar-refractivity contribution is 4.73.